The molecule has 0 atom stereocenters. The molecule has 6 heteroatoms. The zero-order valence-corrected chi connectivity index (χ0v) is 7.85. The van der Waals surface area contributed by atoms with Gasteiger partial charge in [0.25, 0.3) is 5.69 Å². The van der Waals surface area contributed by atoms with Crippen molar-refractivity contribution in [3.63, 3.8) is 0 Å². The molecule has 0 saturated carbocycles. The third-order valence-electron chi connectivity index (χ3n) is 1.73. The first kappa shape index (κ1) is 11.3. The molecule has 0 fully saturated rings. The zero-order valence-electron chi connectivity index (χ0n) is 7.85. The normalized spacial score (nSPS) is 8.69. The van der Waals surface area contributed by atoms with E-state index in [1.165, 1.54) is 0 Å². The Kier molecular flexibility index (Phi) is 3.31. The summed E-state index contributed by atoms with van der Waals surface area (Å²) in [6, 6.07) is 5.90. The second kappa shape index (κ2) is 4.67. The monoisotopic (exact) mass is 217 g/mol. The summed E-state index contributed by atoms with van der Waals surface area (Å²) in [5.74, 6) is -0.674. The van der Waals surface area contributed by atoms with E-state index in [2.05, 4.69) is 0 Å². The predicted octanol–water partition coefficient (Wildman–Crippen LogP) is 2.16. The average Bonchev–Trinajstić information content (AvgIpc) is 2.25. The van der Waals surface area contributed by atoms with E-state index in [0.29, 0.717) is 0 Å². The summed E-state index contributed by atoms with van der Waals surface area (Å²) in [6.07, 6.45) is 0.973. The van der Waals surface area contributed by atoms with E-state index in [9.17, 15) is 14.5 Å². The van der Waals surface area contributed by atoms with Crippen LogP contribution >= 0.6 is 0 Å². The number of hydrogen-bond donors (Lipinski definition) is 0. The van der Waals surface area contributed by atoms with Gasteiger partial charge >= 0.3 is 0 Å². The van der Waals surface area contributed by atoms with Gasteiger partial charge in [0, 0.05) is 6.07 Å². The minimum atomic E-state index is -0.711. The van der Waals surface area contributed by atoms with Crippen LogP contribution in [0.2, 0.25) is 0 Å². The Labute approximate surface area is 89.8 Å². The van der Waals surface area contributed by atoms with Gasteiger partial charge < -0.3 is 0 Å². The van der Waals surface area contributed by atoms with Crippen LogP contribution in [0.3, 0.4) is 0 Å². The molecule has 0 aliphatic rings. The number of nitrogens with zero attached hydrogens (tertiary/aromatic N) is 3. The van der Waals surface area contributed by atoms with Gasteiger partial charge in [-0.15, -0.1) is 0 Å². The Bertz CT molecular complexity index is 536. The molecule has 16 heavy (non-hydrogen) atoms. The lowest BCUT2D eigenvalue weighted by Crippen LogP contribution is -1.92. The minimum Gasteiger partial charge on any atom is -0.258 e. The molecule has 0 aliphatic carbocycles. The average molecular weight is 217 g/mol. The van der Waals surface area contributed by atoms with Gasteiger partial charge in [-0.3, -0.25) is 10.1 Å². The van der Waals surface area contributed by atoms with Crippen LogP contribution in [0.1, 0.15) is 5.56 Å². The highest BCUT2D eigenvalue weighted by Crippen LogP contribution is 2.21. The summed E-state index contributed by atoms with van der Waals surface area (Å²) in [7, 11) is 0. The molecule has 0 saturated heterocycles. The van der Waals surface area contributed by atoms with E-state index in [4.69, 9.17) is 10.5 Å². The summed E-state index contributed by atoms with van der Waals surface area (Å²) in [6.45, 7) is 0. The number of halogens is 1. The van der Waals surface area contributed by atoms with E-state index in [1.807, 2.05) is 0 Å². The van der Waals surface area contributed by atoms with E-state index in [-0.39, 0.29) is 16.8 Å². The SMILES string of the molecule is N#CC(C#N)=Cc1cc(F)ccc1[N+](=O)[O-]. The van der Waals surface area contributed by atoms with Crippen molar-refractivity contribution in [3.8, 4) is 12.1 Å². The van der Waals surface area contributed by atoms with Crippen LogP contribution < -0.4 is 0 Å². The first-order valence-corrected chi connectivity index (χ1v) is 4.04. The molecule has 0 N–H and O–H groups in total. The number of nitriles is 2. The molecule has 0 bridgehead atoms. The third kappa shape index (κ3) is 2.40. The van der Waals surface area contributed by atoms with Crippen molar-refractivity contribution in [1.29, 1.82) is 10.5 Å². The van der Waals surface area contributed by atoms with Crippen molar-refractivity contribution in [2.75, 3.05) is 0 Å². The molecule has 78 valence electrons. The highest BCUT2D eigenvalue weighted by molar-refractivity contribution is 5.68. The maximum absolute atomic E-state index is 12.9. The topological polar surface area (TPSA) is 90.7 Å². The summed E-state index contributed by atoms with van der Waals surface area (Å²) in [5, 5.41) is 27.5. The molecular formula is C10H4FN3O2. The van der Waals surface area contributed by atoms with Crippen LogP contribution in [0.25, 0.3) is 6.08 Å². The molecule has 1 rings (SSSR count). The molecule has 0 amide bonds. The maximum Gasteiger partial charge on any atom is 0.276 e. The number of rotatable bonds is 2. The molecule has 5 nitrogen and oxygen atoms in total. The van der Waals surface area contributed by atoms with Gasteiger partial charge in [0.15, 0.2) is 0 Å². The Morgan fingerprint density at radius 1 is 1.44 bits per heavy atom. The fraction of sp³-hybridized carbons (Fsp3) is 0. The Balaban J connectivity index is 3.39. The second-order valence-corrected chi connectivity index (χ2v) is 2.74. The Morgan fingerprint density at radius 3 is 2.56 bits per heavy atom. The molecule has 0 aliphatic heterocycles. The Hall–Kier alpha value is -2.73. The van der Waals surface area contributed by atoms with Crippen molar-refractivity contribution in [1.82, 2.24) is 0 Å². The van der Waals surface area contributed by atoms with Crippen LogP contribution in [0.5, 0.6) is 0 Å². The fourth-order valence-electron chi connectivity index (χ4n) is 1.05. The number of benzene rings is 1. The summed E-state index contributed by atoms with van der Waals surface area (Å²) < 4.78 is 12.9. The smallest absolute Gasteiger partial charge is 0.258 e. The highest BCUT2D eigenvalue weighted by atomic mass is 19.1. The maximum atomic E-state index is 12.9. The molecule has 0 unspecified atom stereocenters. The number of hydrogen-bond acceptors (Lipinski definition) is 4. The van der Waals surface area contributed by atoms with Gasteiger partial charge in [0.1, 0.15) is 23.5 Å². The van der Waals surface area contributed by atoms with Crippen molar-refractivity contribution in [3.05, 3.63) is 45.3 Å². The van der Waals surface area contributed by atoms with E-state index in [1.54, 1.807) is 12.1 Å². The standard InChI is InChI=1S/C10H4FN3O2/c11-9-1-2-10(14(15)16)8(4-9)3-7(5-12)6-13/h1-4H. The lowest BCUT2D eigenvalue weighted by Gasteiger charge is -1.97. The fourth-order valence-corrected chi connectivity index (χ4v) is 1.05. The summed E-state index contributed by atoms with van der Waals surface area (Å²) >= 11 is 0. The van der Waals surface area contributed by atoms with Gasteiger partial charge in [-0.05, 0) is 18.2 Å². The quantitative estimate of drug-likeness (QED) is 0.431. The molecule has 0 heterocycles. The van der Waals surface area contributed by atoms with Gasteiger partial charge in [-0.1, -0.05) is 0 Å². The van der Waals surface area contributed by atoms with Crippen molar-refractivity contribution < 1.29 is 9.31 Å². The lowest BCUT2D eigenvalue weighted by atomic mass is 10.1. The predicted molar refractivity (Wildman–Crippen MR) is 52.3 cm³/mol. The van der Waals surface area contributed by atoms with Crippen molar-refractivity contribution >= 4 is 11.8 Å². The van der Waals surface area contributed by atoms with Crippen LogP contribution in [0.15, 0.2) is 23.8 Å². The van der Waals surface area contributed by atoms with Crippen LogP contribution in [-0.2, 0) is 0 Å². The molecule has 1 aromatic carbocycles. The highest BCUT2D eigenvalue weighted by Gasteiger charge is 2.13. The largest absolute Gasteiger partial charge is 0.276 e. The zero-order chi connectivity index (χ0) is 12.1. The molecule has 0 radical (unpaired) electrons. The first-order chi connectivity index (χ1) is 7.58. The van der Waals surface area contributed by atoms with Crippen LogP contribution in [0, 0.1) is 38.6 Å². The molecule has 0 spiro atoms. The van der Waals surface area contributed by atoms with E-state index >= 15 is 0 Å². The summed E-state index contributed by atoms with van der Waals surface area (Å²) in [5.41, 5.74) is -0.791. The van der Waals surface area contributed by atoms with E-state index in [0.717, 1.165) is 24.3 Å². The third-order valence-corrected chi connectivity index (χ3v) is 1.73. The van der Waals surface area contributed by atoms with Gasteiger partial charge in [0.05, 0.1) is 10.5 Å². The Morgan fingerprint density at radius 2 is 2.06 bits per heavy atom. The first-order valence-electron chi connectivity index (χ1n) is 4.04. The van der Waals surface area contributed by atoms with Crippen molar-refractivity contribution in [2.24, 2.45) is 0 Å². The van der Waals surface area contributed by atoms with Gasteiger partial charge in [-0.2, -0.15) is 10.5 Å². The van der Waals surface area contributed by atoms with Crippen LogP contribution in [-0.4, -0.2) is 4.92 Å². The second-order valence-electron chi connectivity index (χ2n) is 2.74. The molecule has 1 aromatic rings. The number of allylic oxidation sites excluding steroid dienone is 1. The van der Waals surface area contributed by atoms with Crippen molar-refractivity contribution in [2.45, 2.75) is 0 Å². The number of nitro benzene ring substituents is 1. The summed E-state index contributed by atoms with van der Waals surface area (Å²) in [4.78, 5) is 9.87. The number of nitro groups is 1. The minimum absolute atomic E-state index is 0.108. The lowest BCUT2D eigenvalue weighted by molar-refractivity contribution is -0.385. The molecular weight excluding hydrogens is 213 g/mol. The van der Waals surface area contributed by atoms with Gasteiger partial charge in [0.2, 0.25) is 0 Å². The van der Waals surface area contributed by atoms with Crippen LogP contribution in [0.4, 0.5) is 10.1 Å². The molecule has 0 aromatic heterocycles. The van der Waals surface area contributed by atoms with Gasteiger partial charge in [-0.25, -0.2) is 4.39 Å². The van der Waals surface area contributed by atoms with E-state index < -0.39 is 10.7 Å².